The number of hydrogen-bond acceptors (Lipinski definition) is 7. The van der Waals surface area contributed by atoms with E-state index < -0.39 is 17.6 Å². The topological polar surface area (TPSA) is 106 Å². The third-order valence-corrected chi connectivity index (χ3v) is 5.58. The lowest BCUT2D eigenvalue weighted by Crippen LogP contribution is -2.11. The summed E-state index contributed by atoms with van der Waals surface area (Å²) in [5.74, 6) is -2.04. The lowest BCUT2D eigenvalue weighted by Gasteiger charge is -2.14. The maximum Gasteiger partial charge on any atom is 0.177 e. The largest absolute Gasteiger partial charge is 0.411 e. The molecule has 5 rings (SSSR count). The van der Waals surface area contributed by atoms with Crippen LogP contribution in [0.1, 0.15) is 36.8 Å². The van der Waals surface area contributed by atoms with Crippen LogP contribution in [0.2, 0.25) is 0 Å². The summed E-state index contributed by atoms with van der Waals surface area (Å²) in [4.78, 5) is 4.24. The van der Waals surface area contributed by atoms with Crippen LogP contribution in [-0.2, 0) is 7.05 Å². The smallest absolute Gasteiger partial charge is 0.177 e. The molecule has 1 unspecified atom stereocenters. The van der Waals surface area contributed by atoms with Crippen molar-refractivity contribution < 1.29 is 14.0 Å². The maximum atomic E-state index is 15.7. The van der Waals surface area contributed by atoms with Crippen LogP contribution < -0.4 is 0 Å². The number of aromatic nitrogens is 7. The Kier molecular flexibility index (Phi) is 4.81. The average Bonchev–Trinajstić information content (AvgIpc) is 3.44. The predicted molar refractivity (Wildman–Crippen MR) is 116 cm³/mol. The second-order valence-corrected chi connectivity index (χ2v) is 7.73. The number of aryl methyl sites for hydroxylation is 1. The molecule has 1 N–H and O–H groups in total. The number of hydrogen-bond donors (Lipinski definition) is 1. The van der Waals surface area contributed by atoms with Gasteiger partial charge >= 0.3 is 0 Å². The van der Waals surface area contributed by atoms with Crippen molar-refractivity contribution in [1.29, 1.82) is 0 Å². The van der Waals surface area contributed by atoms with Crippen LogP contribution >= 0.6 is 0 Å². The fraction of sp³-hybridized carbons (Fsp3) is 0.182. The third kappa shape index (κ3) is 3.37. The van der Waals surface area contributed by atoms with Crippen molar-refractivity contribution in [3.63, 3.8) is 0 Å². The number of oxime groups is 1. The van der Waals surface area contributed by atoms with Gasteiger partial charge < -0.3 is 5.21 Å². The molecule has 1 aromatic carbocycles. The molecule has 0 aliphatic heterocycles. The van der Waals surface area contributed by atoms with Gasteiger partial charge in [-0.3, -0.25) is 9.67 Å². The number of halogens is 2. The Bertz CT molecular complexity index is 1560. The number of fused-ring (bicyclic) bond motifs is 2. The van der Waals surface area contributed by atoms with Crippen molar-refractivity contribution in [2.75, 3.05) is 0 Å². The van der Waals surface area contributed by atoms with E-state index in [-0.39, 0.29) is 28.0 Å². The average molecular weight is 448 g/mol. The van der Waals surface area contributed by atoms with Gasteiger partial charge in [0.15, 0.2) is 11.5 Å². The summed E-state index contributed by atoms with van der Waals surface area (Å²) in [7, 11) is 1.78. The summed E-state index contributed by atoms with van der Waals surface area (Å²) in [5.41, 5.74) is 2.53. The lowest BCUT2D eigenvalue weighted by molar-refractivity contribution is 0.319. The van der Waals surface area contributed by atoms with Gasteiger partial charge in [-0.05, 0) is 25.1 Å². The van der Waals surface area contributed by atoms with Crippen molar-refractivity contribution in [2.24, 2.45) is 12.2 Å². The first-order valence-electron chi connectivity index (χ1n) is 10.1. The highest BCUT2D eigenvalue weighted by Gasteiger charge is 2.26. The molecule has 166 valence electrons. The molecule has 9 nitrogen and oxygen atoms in total. The summed E-state index contributed by atoms with van der Waals surface area (Å²) in [5, 5.41) is 29.0. The van der Waals surface area contributed by atoms with E-state index in [0.717, 1.165) is 5.56 Å². The molecular weight excluding hydrogens is 430 g/mol. The number of nitrogens with zero attached hydrogens (tertiary/aromatic N) is 8. The van der Waals surface area contributed by atoms with Gasteiger partial charge in [0.05, 0.1) is 11.7 Å². The Balaban J connectivity index is 1.66. The van der Waals surface area contributed by atoms with E-state index in [1.165, 1.54) is 10.6 Å². The molecule has 0 radical (unpaired) electrons. The zero-order valence-corrected chi connectivity index (χ0v) is 17.9. The normalized spacial score (nSPS) is 13.2. The van der Waals surface area contributed by atoms with E-state index in [1.807, 2.05) is 0 Å². The van der Waals surface area contributed by atoms with Crippen molar-refractivity contribution in [3.05, 3.63) is 71.6 Å². The SMILES string of the molecule is C/C(=N/O)c1ccc2nnc(C(C)c3c(F)cc4ncc(-c5cnn(C)c5)cc4c3F)n2n1. The van der Waals surface area contributed by atoms with Gasteiger partial charge in [-0.1, -0.05) is 12.1 Å². The van der Waals surface area contributed by atoms with E-state index in [9.17, 15) is 0 Å². The standard InChI is InChI=1S/C22H18F2N8O/c1-11(22-28-27-19-5-4-17(12(2)30-33)29-32(19)22)20-16(23)7-18-15(21(20)24)6-13(8-25-18)14-9-26-31(3)10-14/h4-11,33H,1-3H3/b30-12-. The minimum Gasteiger partial charge on any atom is -0.411 e. The van der Waals surface area contributed by atoms with Gasteiger partial charge in [0.25, 0.3) is 0 Å². The zero-order valence-electron chi connectivity index (χ0n) is 17.9. The van der Waals surface area contributed by atoms with Crippen LogP contribution in [0.5, 0.6) is 0 Å². The third-order valence-electron chi connectivity index (χ3n) is 5.58. The van der Waals surface area contributed by atoms with Gasteiger partial charge in [0, 0.05) is 53.5 Å². The zero-order chi connectivity index (χ0) is 23.3. The van der Waals surface area contributed by atoms with E-state index in [4.69, 9.17) is 5.21 Å². The fourth-order valence-corrected chi connectivity index (χ4v) is 3.79. The molecule has 33 heavy (non-hydrogen) atoms. The summed E-state index contributed by atoms with van der Waals surface area (Å²) >= 11 is 0. The molecule has 4 heterocycles. The molecule has 1 atom stereocenters. The van der Waals surface area contributed by atoms with Gasteiger partial charge in [0.1, 0.15) is 23.0 Å². The Morgan fingerprint density at radius 1 is 1.12 bits per heavy atom. The van der Waals surface area contributed by atoms with Crippen molar-refractivity contribution in [3.8, 4) is 11.1 Å². The fourth-order valence-electron chi connectivity index (χ4n) is 3.79. The van der Waals surface area contributed by atoms with Crippen LogP contribution in [0, 0.1) is 11.6 Å². The van der Waals surface area contributed by atoms with Crippen LogP contribution in [0.15, 0.2) is 48.0 Å². The molecule has 11 heteroatoms. The van der Waals surface area contributed by atoms with E-state index in [0.29, 0.717) is 16.9 Å². The van der Waals surface area contributed by atoms with Crippen LogP contribution in [-0.4, -0.2) is 45.5 Å². The summed E-state index contributed by atoms with van der Waals surface area (Å²) in [6.45, 7) is 3.21. The van der Waals surface area contributed by atoms with Gasteiger partial charge in [0.2, 0.25) is 0 Å². The molecular formula is C22H18F2N8O. The molecule has 0 fully saturated rings. The van der Waals surface area contributed by atoms with Crippen molar-refractivity contribution in [2.45, 2.75) is 19.8 Å². The van der Waals surface area contributed by atoms with Crippen LogP contribution in [0.3, 0.4) is 0 Å². The van der Waals surface area contributed by atoms with Crippen LogP contribution in [0.4, 0.5) is 8.78 Å². The molecule has 0 aliphatic rings. The Labute approximate surface area is 186 Å². The highest BCUT2D eigenvalue weighted by atomic mass is 19.1. The molecule has 0 saturated heterocycles. The Hall–Kier alpha value is -4.28. The Morgan fingerprint density at radius 2 is 1.94 bits per heavy atom. The summed E-state index contributed by atoms with van der Waals surface area (Å²) in [6.07, 6.45) is 5.00. The molecule has 0 aliphatic carbocycles. The number of benzene rings is 1. The van der Waals surface area contributed by atoms with Gasteiger partial charge in [-0.15, -0.1) is 10.2 Å². The van der Waals surface area contributed by atoms with E-state index >= 15 is 8.78 Å². The maximum absolute atomic E-state index is 15.7. The molecule has 0 amide bonds. The van der Waals surface area contributed by atoms with Gasteiger partial charge in [-0.25, -0.2) is 8.78 Å². The quantitative estimate of drug-likeness (QED) is 0.255. The monoisotopic (exact) mass is 448 g/mol. The van der Waals surface area contributed by atoms with Crippen LogP contribution in [0.25, 0.3) is 27.7 Å². The second-order valence-electron chi connectivity index (χ2n) is 7.73. The first kappa shape index (κ1) is 20.6. The minimum absolute atomic E-state index is 0.165. The molecule has 0 spiro atoms. The molecule has 5 aromatic rings. The van der Waals surface area contributed by atoms with Crippen molar-refractivity contribution >= 4 is 22.3 Å². The highest BCUT2D eigenvalue weighted by molar-refractivity contribution is 5.96. The van der Waals surface area contributed by atoms with E-state index in [1.54, 1.807) is 62.4 Å². The highest BCUT2D eigenvalue weighted by Crippen LogP contribution is 2.33. The summed E-state index contributed by atoms with van der Waals surface area (Å²) in [6, 6.07) is 6.10. The predicted octanol–water partition coefficient (Wildman–Crippen LogP) is 3.70. The minimum atomic E-state index is -0.819. The van der Waals surface area contributed by atoms with Crippen molar-refractivity contribution in [1.82, 2.24) is 34.6 Å². The van der Waals surface area contributed by atoms with Gasteiger partial charge in [-0.2, -0.15) is 14.7 Å². The number of pyridine rings is 1. The summed E-state index contributed by atoms with van der Waals surface area (Å²) < 4.78 is 33.8. The first-order chi connectivity index (χ1) is 15.9. The Morgan fingerprint density at radius 3 is 2.67 bits per heavy atom. The lowest BCUT2D eigenvalue weighted by atomic mass is 9.96. The number of rotatable bonds is 4. The van der Waals surface area contributed by atoms with E-state index in [2.05, 4.69) is 30.5 Å². The molecule has 0 saturated carbocycles. The second kappa shape index (κ2) is 7.69. The first-order valence-corrected chi connectivity index (χ1v) is 10.1. The molecule has 0 bridgehead atoms. The molecule has 4 aromatic heterocycles.